The lowest BCUT2D eigenvalue weighted by Crippen LogP contribution is -1.99. The number of hydrogen-bond acceptors (Lipinski definition) is 3. The molecule has 0 saturated carbocycles. The van der Waals surface area contributed by atoms with E-state index < -0.39 is 0 Å². The molecule has 0 bridgehead atoms. The number of ether oxygens (including phenoxy) is 1. The molecule has 3 aromatic rings. The second-order valence-corrected chi connectivity index (χ2v) is 6.92. The first-order valence-corrected chi connectivity index (χ1v) is 8.85. The van der Waals surface area contributed by atoms with Gasteiger partial charge in [0, 0.05) is 18.4 Å². The van der Waals surface area contributed by atoms with Crippen molar-refractivity contribution in [1.29, 1.82) is 0 Å². The van der Waals surface area contributed by atoms with Gasteiger partial charge < -0.3 is 9.30 Å². The van der Waals surface area contributed by atoms with E-state index in [1.807, 2.05) is 30.3 Å². The third kappa shape index (κ3) is 3.79. The van der Waals surface area contributed by atoms with Gasteiger partial charge in [-0.3, -0.25) is 0 Å². The van der Waals surface area contributed by atoms with E-state index in [-0.39, 0.29) is 0 Å². The zero-order valence-electron chi connectivity index (χ0n) is 13.0. The van der Waals surface area contributed by atoms with E-state index >= 15 is 0 Å². The van der Waals surface area contributed by atoms with E-state index in [9.17, 15) is 0 Å². The number of nitrogens with zero attached hydrogens (tertiary/aromatic N) is 2. The molecule has 1 heterocycles. The van der Waals surface area contributed by atoms with E-state index in [4.69, 9.17) is 4.74 Å². The molecule has 0 aliphatic heterocycles. The minimum absolute atomic E-state index is 0.823. The van der Waals surface area contributed by atoms with Crippen molar-refractivity contribution in [3.8, 4) is 5.75 Å². The summed E-state index contributed by atoms with van der Waals surface area (Å²) in [6.07, 6.45) is 0.823. The van der Waals surface area contributed by atoms with Gasteiger partial charge in [0.25, 0.3) is 0 Å². The summed E-state index contributed by atoms with van der Waals surface area (Å²) in [6, 6.07) is 18.4. The van der Waals surface area contributed by atoms with E-state index in [0.717, 1.165) is 27.6 Å². The molecule has 0 unspecified atom stereocenters. The Morgan fingerprint density at radius 2 is 1.78 bits per heavy atom. The average molecular weight is 389 g/mol. The summed E-state index contributed by atoms with van der Waals surface area (Å²) in [5, 5.41) is 0.978. The second-order valence-electron chi connectivity index (χ2n) is 5.13. The zero-order chi connectivity index (χ0) is 16.2. The number of methoxy groups -OCH3 is 1. The second kappa shape index (κ2) is 7.23. The van der Waals surface area contributed by atoms with E-state index in [1.165, 1.54) is 10.5 Å². The van der Waals surface area contributed by atoms with Gasteiger partial charge in [0.1, 0.15) is 10.4 Å². The van der Waals surface area contributed by atoms with E-state index in [0.29, 0.717) is 0 Å². The molecule has 0 saturated heterocycles. The summed E-state index contributed by atoms with van der Waals surface area (Å²) < 4.78 is 8.25. The Labute approximate surface area is 148 Å². The lowest BCUT2D eigenvalue weighted by molar-refractivity contribution is 0.414. The van der Waals surface area contributed by atoms with Gasteiger partial charge in [0.15, 0.2) is 5.16 Å². The van der Waals surface area contributed by atoms with Gasteiger partial charge >= 0.3 is 0 Å². The maximum absolute atomic E-state index is 5.21. The molecule has 0 aliphatic rings. The van der Waals surface area contributed by atoms with Crippen molar-refractivity contribution in [2.75, 3.05) is 7.11 Å². The third-order valence-electron chi connectivity index (χ3n) is 3.61. The van der Waals surface area contributed by atoms with Crippen LogP contribution in [0.1, 0.15) is 11.3 Å². The molecule has 1 aromatic heterocycles. The standard InChI is InChI=1S/C18H17BrN2OS/c1-21-16(12-13-8-10-14(22-2)11-9-13)17(19)20-18(21)23-15-6-4-3-5-7-15/h3-11H,12H2,1-2H3. The lowest BCUT2D eigenvalue weighted by Gasteiger charge is -2.07. The number of rotatable bonds is 5. The summed E-state index contributed by atoms with van der Waals surface area (Å²) in [5.41, 5.74) is 2.39. The molecule has 118 valence electrons. The number of imidazole rings is 1. The lowest BCUT2D eigenvalue weighted by atomic mass is 10.1. The molecule has 0 spiro atoms. The van der Waals surface area contributed by atoms with Crippen molar-refractivity contribution < 1.29 is 4.74 Å². The average Bonchev–Trinajstić information content (AvgIpc) is 2.84. The highest BCUT2D eigenvalue weighted by Crippen LogP contribution is 2.31. The van der Waals surface area contributed by atoms with Crippen LogP contribution in [0.15, 0.2) is 69.3 Å². The number of halogens is 1. The molecule has 5 heteroatoms. The van der Waals surface area contributed by atoms with Crippen molar-refractivity contribution in [2.45, 2.75) is 16.5 Å². The topological polar surface area (TPSA) is 27.1 Å². The van der Waals surface area contributed by atoms with Crippen LogP contribution in [0.4, 0.5) is 0 Å². The Morgan fingerprint density at radius 1 is 1.09 bits per heavy atom. The van der Waals surface area contributed by atoms with Crippen LogP contribution in [0.2, 0.25) is 0 Å². The largest absolute Gasteiger partial charge is 0.497 e. The fraction of sp³-hybridized carbons (Fsp3) is 0.167. The minimum atomic E-state index is 0.823. The van der Waals surface area contributed by atoms with Crippen molar-refractivity contribution in [3.05, 3.63) is 70.5 Å². The Kier molecular flexibility index (Phi) is 5.08. The number of benzene rings is 2. The molecule has 0 fully saturated rings. The number of aromatic nitrogens is 2. The molecule has 23 heavy (non-hydrogen) atoms. The van der Waals surface area contributed by atoms with Gasteiger partial charge in [-0.15, -0.1) is 0 Å². The fourth-order valence-electron chi connectivity index (χ4n) is 2.29. The predicted octanol–water partition coefficient (Wildman–Crippen LogP) is 4.93. The molecule has 0 amide bonds. The first-order valence-electron chi connectivity index (χ1n) is 7.24. The molecule has 0 aliphatic carbocycles. The zero-order valence-corrected chi connectivity index (χ0v) is 15.4. The first kappa shape index (κ1) is 16.1. The van der Waals surface area contributed by atoms with Crippen LogP contribution >= 0.6 is 27.7 Å². The highest BCUT2D eigenvalue weighted by Gasteiger charge is 2.14. The van der Waals surface area contributed by atoms with Gasteiger partial charge in [-0.25, -0.2) is 4.98 Å². The summed E-state index contributed by atoms with van der Waals surface area (Å²) in [5.74, 6) is 0.873. The highest BCUT2D eigenvalue weighted by molar-refractivity contribution is 9.10. The molecule has 3 rings (SSSR count). The Morgan fingerprint density at radius 3 is 2.43 bits per heavy atom. The van der Waals surface area contributed by atoms with Crippen LogP contribution in [-0.2, 0) is 13.5 Å². The van der Waals surface area contributed by atoms with Crippen LogP contribution in [0.3, 0.4) is 0 Å². The summed E-state index contributed by atoms with van der Waals surface area (Å²) >= 11 is 5.26. The van der Waals surface area contributed by atoms with Crippen molar-refractivity contribution in [1.82, 2.24) is 9.55 Å². The molecular weight excluding hydrogens is 372 g/mol. The smallest absolute Gasteiger partial charge is 0.173 e. The normalized spacial score (nSPS) is 10.7. The molecule has 2 aromatic carbocycles. The maximum Gasteiger partial charge on any atom is 0.173 e. The van der Waals surface area contributed by atoms with Gasteiger partial charge in [0.2, 0.25) is 0 Å². The Bertz CT molecular complexity index is 785. The van der Waals surface area contributed by atoms with Crippen LogP contribution in [0, 0.1) is 0 Å². The quantitative estimate of drug-likeness (QED) is 0.619. The summed E-state index contributed by atoms with van der Waals surface area (Å²) in [6.45, 7) is 0. The van der Waals surface area contributed by atoms with E-state index in [1.54, 1.807) is 18.9 Å². The Hall–Kier alpha value is -1.72. The fourth-order valence-corrected chi connectivity index (χ4v) is 3.87. The van der Waals surface area contributed by atoms with Crippen LogP contribution in [0.5, 0.6) is 5.75 Å². The monoisotopic (exact) mass is 388 g/mol. The highest BCUT2D eigenvalue weighted by atomic mass is 79.9. The first-order chi connectivity index (χ1) is 11.2. The molecular formula is C18H17BrN2OS. The predicted molar refractivity (Wildman–Crippen MR) is 97.3 cm³/mol. The van der Waals surface area contributed by atoms with Crippen LogP contribution in [0.25, 0.3) is 0 Å². The Balaban J connectivity index is 1.82. The van der Waals surface area contributed by atoms with Crippen molar-refractivity contribution in [2.24, 2.45) is 7.05 Å². The van der Waals surface area contributed by atoms with Crippen LogP contribution < -0.4 is 4.74 Å². The van der Waals surface area contributed by atoms with Crippen molar-refractivity contribution >= 4 is 27.7 Å². The van der Waals surface area contributed by atoms with E-state index in [2.05, 4.69) is 56.8 Å². The molecule has 3 nitrogen and oxygen atoms in total. The van der Waals surface area contributed by atoms with Gasteiger partial charge in [-0.2, -0.15) is 0 Å². The van der Waals surface area contributed by atoms with Crippen molar-refractivity contribution in [3.63, 3.8) is 0 Å². The van der Waals surface area contributed by atoms with Gasteiger partial charge in [-0.1, -0.05) is 42.1 Å². The third-order valence-corrected chi connectivity index (χ3v) is 5.30. The van der Waals surface area contributed by atoms with Gasteiger partial charge in [0.05, 0.1) is 12.8 Å². The molecule has 0 radical (unpaired) electrons. The molecule has 0 atom stereocenters. The van der Waals surface area contributed by atoms with Gasteiger partial charge in [-0.05, 0) is 45.8 Å². The molecule has 0 N–H and O–H groups in total. The summed E-state index contributed by atoms with van der Waals surface area (Å²) in [7, 11) is 3.74. The number of hydrogen-bond donors (Lipinski definition) is 0. The minimum Gasteiger partial charge on any atom is -0.497 e. The summed E-state index contributed by atoms with van der Waals surface area (Å²) in [4.78, 5) is 5.84. The SMILES string of the molecule is COc1ccc(Cc2c(Br)nc(Sc3ccccc3)n2C)cc1. The maximum atomic E-state index is 5.21. The van der Waals surface area contributed by atoms with Crippen LogP contribution in [-0.4, -0.2) is 16.7 Å².